The molecule has 4 aromatic rings. The summed E-state index contributed by atoms with van der Waals surface area (Å²) in [6.45, 7) is 0.229. The Kier molecular flexibility index (Phi) is 6.20. The van der Waals surface area contributed by atoms with E-state index in [-0.39, 0.29) is 18.7 Å². The molecule has 0 aromatic heterocycles. The van der Waals surface area contributed by atoms with Crippen molar-refractivity contribution in [3.05, 3.63) is 124 Å². The van der Waals surface area contributed by atoms with Gasteiger partial charge in [0.15, 0.2) is 11.4 Å². The monoisotopic (exact) mass is 501 g/mol. The van der Waals surface area contributed by atoms with Crippen LogP contribution >= 0.6 is 23.2 Å². The van der Waals surface area contributed by atoms with Gasteiger partial charge in [-0.3, -0.25) is 9.59 Å². The molecule has 0 saturated carbocycles. The molecule has 174 valence electrons. The Morgan fingerprint density at radius 3 is 2.11 bits per heavy atom. The predicted octanol–water partition coefficient (Wildman–Crippen LogP) is 6.67. The zero-order valence-electron chi connectivity index (χ0n) is 18.6. The Morgan fingerprint density at radius 2 is 1.43 bits per heavy atom. The molecule has 0 bridgehead atoms. The number of hydrogen-bond donors (Lipinski definition) is 1. The molecule has 1 aliphatic heterocycles. The number of aliphatic hydroxyl groups is 1. The van der Waals surface area contributed by atoms with Crippen molar-refractivity contribution in [1.82, 2.24) is 0 Å². The van der Waals surface area contributed by atoms with E-state index in [1.165, 1.54) is 4.90 Å². The number of amides is 1. The van der Waals surface area contributed by atoms with Crippen molar-refractivity contribution in [2.45, 2.75) is 18.6 Å². The summed E-state index contributed by atoms with van der Waals surface area (Å²) in [5, 5.41) is 12.6. The van der Waals surface area contributed by atoms with Crippen molar-refractivity contribution in [3.63, 3.8) is 0 Å². The van der Waals surface area contributed by atoms with Crippen LogP contribution in [-0.2, 0) is 16.9 Å². The first kappa shape index (κ1) is 23.3. The van der Waals surface area contributed by atoms with E-state index in [0.29, 0.717) is 26.9 Å². The zero-order valence-corrected chi connectivity index (χ0v) is 20.1. The van der Waals surface area contributed by atoms with Gasteiger partial charge in [-0.1, -0.05) is 89.9 Å². The highest BCUT2D eigenvalue weighted by Crippen LogP contribution is 2.44. The number of carbonyl (C=O) groups excluding carboxylic acids is 2. The van der Waals surface area contributed by atoms with Gasteiger partial charge in [0.05, 0.1) is 18.7 Å². The van der Waals surface area contributed by atoms with E-state index in [0.717, 1.165) is 16.7 Å². The van der Waals surface area contributed by atoms with Gasteiger partial charge in [-0.15, -0.1) is 0 Å². The van der Waals surface area contributed by atoms with E-state index in [1.54, 1.807) is 42.5 Å². The fraction of sp³-hybridized carbons (Fsp3) is 0.103. The number of carbonyl (C=O) groups is 2. The number of halogens is 2. The second kappa shape index (κ2) is 9.31. The van der Waals surface area contributed by atoms with Crippen LogP contribution in [0.1, 0.15) is 27.9 Å². The summed E-state index contributed by atoms with van der Waals surface area (Å²) >= 11 is 12.2. The summed E-state index contributed by atoms with van der Waals surface area (Å²) in [5.41, 5.74) is 2.13. The Balaban J connectivity index is 1.43. The largest absolute Gasteiger partial charge is 0.375 e. The van der Waals surface area contributed by atoms with Crippen LogP contribution in [0.2, 0.25) is 10.0 Å². The van der Waals surface area contributed by atoms with Gasteiger partial charge >= 0.3 is 0 Å². The molecule has 4 nitrogen and oxygen atoms in total. The lowest BCUT2D eigenvalue weighted by Crippen LogP contribution is -2.41. The molecule has 1 N–H and O–H groups in total. The Hall–Kier alpha value is -3.44. The molecule has 0 saturated heterocycles. The molecule has 35 heavy (non-hydrogen) atoms. The topological polar surface area (TPSA) is 57.6 Å². The second-order valence-electron chi connectivity index (χ2n) is 8.58. The maximum atomic E-state index is 13.5. The van der Waals surface area contributed by atoms with Gasteiger partial charge in [0.1, 0.15) is 0 Å². The normalized spacial score (nSPS) is 16.9. The van der Waals surface area contributed by atoms with Crippen molar-refractivity contribution in [2.24, 2.45) is 0 Å². The summed E-state index contributed by atoms with van der Waals surface area (Å²) in [4.78, 5) is 28.2. The summed E-state index contributed by atoms with van der Waals surface area (Å²) in [6, 6.07) is 29.1. The van der Waals surface area contributed by atoms with Crippen LogP contribution in [0.15, 0.2) is 97.1 Å². The van der Waals surface area contributed by atoms with Gasteiger partial charge in [-0.2, -0.15) is 0 Å². The van der Waals surface area contributed by atoms with E-state index < -0.39 is 11.5 Å². The molecule has 1 amide bonds. The lowest BCUT2D eigenvalue weighted by molar-refractivity contribution is -0.136. The molecule has 1 heterocycles. The van der Waals surface area contributed by atoms with Gasteiger partial charge < -0.3 is 10.0 Å². The Bertz CT molecular complexity index is 1400. The number of Topliss-reactive ketones (excluding diaryl/α,β-unsaturated/α-hetero) is 1. The number of anilines is 1. The maximum absolute atomic E-state index is 13.5. The summed E-state index contributed by atoms with van der Waals surface area (Å²) in [7, 11) is 0. The highest BCUT2D eigenvalue weighted by Gasteiger charge is 2.51. The van der Waals surface area contributed by atoms with Gasteiger partial charge in [-0.05, 0) is 47.0 Å². The summed E-state index contributed by atoms with van der Waals surface area (Å²) < 4.78 is 0. The standard InChI is InChI=1S/C29H21Cl2NO3/c30-23-12-6-19(7-13-23)18-32-26-15-14-24(31)16-25(26)29(35,28(32)34)17-27(33)22-10-8-21(9-11-22)20-4-2-1-3-5-20/h1-16,35H,17-18H2. The van der Waals surface area contributed by atoms with Crippen molar-refractivity contribution < 1.29 is 14.7 Å². The van der Waals surface area contributed by atoms with Crippen LogP contribution < -0.4 is 4.90 Å². The zero-order chi connectivity index (χ0) is 24.6. The number of hydrogen-bond acceptors (Lipinski definition) is 3. The SMILES string of the molecule is O=C(CC1(O)C(=O)N(Cc2ccc(Cl)cc2)c2ccc(Cl)cc21)c1ccc(-c2ccccc2)cc1. The Morgan fingerprint density at radius 1 is 0.800 bits per heavy atom. The summed E-state index contributed by atoms with van der Waals surface area (Å²) in [5.74, 6) is -0.890. The van der Waals surface area contributed by atoms with Crippen LogP contribution in [0.5, 0.6) is 0 Å². The molecular formula is C29H21Cl2NO3. The molecule has 1 unspecified atom stereocenters. The molecular weight excluding hydrogens is 481 g/mol. The molecule has 0 fully saturated rings. The van der Waals surface area contributed by atoms with E-state index >= 15 is 0 Å². The molecule has 0 spiro atoms. The van der Waals surface area contributed by atoms with Crippen molar-refractivity contribution >= 4 is 40.6 Å². The van der Waals surface area contributed by atoms with E-state index in [2.05, 4.69) is 0 Å². The minimum Gasteiger partial charge on any atom is -0.375 e. The second-order valence-corrected chi connectivity index (χ2v) is 9.46. The van der Waals surface area contributed by atoms with Crippen LogP contribution in [0.25, 0.3) is 11.1 Å². The molecule has 4 aromatic carbocycles. The van der Waals surface area contributed by atoms with Gasteiger partial charge in [0.2, 0.25) is 0 Å². The van der Waals surface area contributed by atoms with Gasteiger partial charge in [0.25, 0.3) is 5.91 Å². The number of fused-ring (bicyclic) bond motifs is 1. The van der Waals surface area contributed by atoms with Crippen LogP contribution in [-0.4, -0.2) is 16.8 Å². The number of rotatable bonds is 6. The van der Waals surface area contributed by atoms with Crippen molar-refractivity contribution in [3.8, 4) is 11.1 Å². The number of ketones is 1. The molecule has 6 heteroatoms. The third-order valence-corrected chi connectivity index (χ3v) is 6.77. The molecule has 0 aliphatic carbocycles. The van der Waals surface area contributed by atoms with E-state index in [1.807, 2.05) is 54.6 Å². The number of benzene rings is 4. The van der Waals surface area contributed by atoms with Crippen molar-refractivity contribution in [2.75, 3.05) is 4.90 Å². The third kappa shape index (κ3) is 4.48. The highest BCUT2D eigenvalue weighted by atomic mass is 35.5. The lowest BCUT2D eigenvalue weighted by Gasteiger charge is -2.23. The first-order valence-electron chi connectivity index (χ1n) is 11.1. The lowest BCUT2D eigenvalue weighted by atomic mass is 9.88. The molecule has 1 aliphatic rings. The van der Waals surface area contributed by atoms with E-state index in [9.17, 15) is 14.7 Å². The molecule has 0 radical (unpaired) electrons. The van der Waals surface area contributed by atoms with Crippen molar-refractivity contribution in [1.29, 1.82) is 0 Å². The fourth-order valence-electron chi connectivity index (χ4n) is 4.44. The van der Waals surface area contributed by atoms with Gasteiger partial charge in [-0.25, -0.2) is 0 Å². The average Bonchev–Trinajstić information content (AvgIpc) is 3.07. The van der Waals surface area contributed by atoms with Crippen LogP contribution in [0.4, 0.5) is 5.69 Å². The quantitative estimate of drug-likeness (QED) is 0.300. The first-order chi connectivity index (χ1) is 16.8. The molecule has 5 rings (SSSR count). The fourth-order valence-corrected chi connectivity index (χ4v) is 4.73. The highest BCUT2D eigenvalue weighted by molar-refractivity contribution is 6.31. The Labute approximate surface area is 213 Å². The minimum atomic E-state index is -2.01. The van der Waals surface area contributed by atoms with Crippen LogP contribution in [0.3, 0.4) is 0 Å². The summed E-state index contributed by atoms with van der Waals surface area (Å²) in [6.07, 6.45) is -0.388. The smallest absolute Gasteiger partial charge is 0.264 e. The minimum absolute atomic E-state index is 0.229. The molecule has 1 atom stereocenters. The maximum Gasteiger partial charge on any atom is 0.264 e. The predicted molar refractivity (Wildman–Crippen MR) is 139 cm³/mol. The van der Waals surface area contributed by atoms with Crippen LogP contribution in [0, 0.1) is 0 Å². The third-order valence-electron chi connectivity index (χ3n) is 6.28. The van der Waals surface area contributed by atoms with E-state index in [4.69, 9.17) is 23.2 Å². The van der Waals surface area contributed by atoms with Gasteiger partial charge in [0, 0.05) is 21.2 Å². The first-order valence-corrected chi connectivity index (χ1v) is 11.9. The number of nitrogens with zero attached hydrogens (tertiary/aromatic N) is 1. The average molecular weight is 502 g/mol.